The lowest BCUT2D eigenvalue weighted by atomic mass is 10.2. The van der Waals surface area contributed by atoms with Crippen LogP contribution < -0.4 is 4.90 Å². The van der Waals surface area contributed by atoms with Crippen molar-refractivity contribution in [2.45, 2.75) is 6.54 Å². The van der Waals surface area contributed by atoms with Gasteiger partial charge in [-0.1, -0.05) is 29.8 Å². The molecule has 0 aliphatic carbocycles. The van der Waals surface area contributed by atoms with Crippen LogP contribution >= 0.6 is 11.6 Å². The van der Waals surface area contributed by atoms with E-state index in [0.29, 0.717) is 0 Å². The van der Waals surface area contributed by atoms with Crippen LogP contribution in [0.4, 0.5) is 0 Å². The molecule has 0 spiro atoms. The smallest absolute Gasteiger partial charge is 0.104 e. The molecule has 1 N–H and O–H groups in total. The van der Waals surface area contributed by atoms with Crippen LogP contribution in [0, 0.1) is 0 Å². The third-order valence-corrected chi connectivity index (χ3v) is 4.29. The molecule has 1 aliphatic heterocycles. The number of piperazine rings is 1. The second kappa shape index (κ2) is 7.38. The summed E-state index contributed by atoms with van der Waals surface area (Å²) in [7, 11) is 0. The summed E-state index contributed by atoms with van der Waals surface area (Å²) >= 11 is 6.24. The number of nitrogens with zero attached hydrogens (tertiary/aromatic N) is 3. The Morgan fingerprint density at radius 3 is 2.59 bits per heavy atom. The zero-order valence-electron chi connectivity index (χ0n) is 12.5. The minimum absolute atomic E-state index is 0.869. The molecule has 1 aromatic carbocycles. The van der Waals surface area contributed by atoms with Gasteiger partial charge in [-0.25, -0.2) is 0 Å². The van der Waals surface area contributed by atoms with Crippen LogP contribution in [0.1, 0.15) is 11.1 Å². The minimum atomic E-state index is 0.869. The number of nitrogens with one attached hydrogen (secondary N) is 1. The van der Waals surface area contributed by atoms with Crippen molar-refractivity contribution >= 4 is 17.8 Å². The molecule has 5 heteroatoms. The third-order valence-electron chi connectivity index (χ3n) is 3.92. The molecule has 0 atom stereocenters. The van der Waals surface area contributed by atoms with Gasteiger partial charge in [-0.2, -0.15) is 5.10 Å². The quantitative estimate of drug-likeness (QED) is 0.867. The van der Waals surface area contributed by atoms with Crippen LogP contribution in [-0.2, 0) is 6.54 Å². The van der Waals surface area contributed by atoms with Crippen molar-refractivity contribution in [3.63, 3.8) is 0 Å². The Morgan fingerprint density at radius 2 is 1.86 bits per heavy atom. The summed E-state index contributed by atoms with van der Waals surface area (Å²) in [5, 5.41) is 7.56. The maximum atomic E-state index is 6.24. The van der Waals surface area contributed by atoms with E-state index in [0.717, 1.165) is 43.3 Å². The minimum Gasteiger partial charge on any atom is -0.328 e. The van der Waals surface area contributed by atoms with E-state index in [-0.39, 0.29) is 0 Å². The van der Waals surface area contributed by atoms with Crippen molar-refractivity contribution in [2.24, 2.45) is 5.10 Å². The number of halogens is 1. The Bertz CT molecular complexity index is 622. The molecule has 1 saturated heterocycles. The molecular weight excluding hydrogens is 296 g/mol. The number of rotatable bonds is 4. The Kier molecular flexibility index (Phi) is 5.03. The summed E-state index contributed by atoms with van der Waals surface area (Å²) in [6, 6.07) is 12.0. The van der Waals surface area contributed by atoms with Gasteiger partial charge in [0.05, 0.1) is 32.4 Å². The summed E-state index contributed by atoms with van der Waals surface area (Å²) in [6.45, 7) is 5.10. The van der Waals surface area contributed by atoms with E-state index in [4.69, 9.17) is 11.6 Å². The van der Waals surface area contributed by atoms with Gasteiger partial charge in [-0.05, 0) is 23.8 Å². The molecule has 4 nitrogen and oxygen atoms in total. The molecule has 2 aromatic rings. The maximum Gasteiger partial charge on any atom is 0.104 e. The molecule has 0 bridgehead atoms. The van der Waals surface area contributed by atoms with Gasteiger partial charge in [0.2, 0.25) is 0 Å². The van der Waals surface area contributed by atoms with Crippen molar-refractivity contribution in [3.05, 3.63) is 64.9 Å². The first-order chi connectivity index (χ1) is 10.8. The molecule has 0 saturated carbocycles. The standard InChI is InChI=1S/C17H19ClN4/c18-17-4-2-1-3-16(17)14-21-9-11-22(12-10-21)20-13-15-5-7-19-8-6-15/h1-8,13H,9-12,14H2/p+1/b20-13-. The SMILES string of the molecule is Clc1ccccc1C[NH+]1CCN(/N=C\c2ccncc2)CC1. The van der Waals surface area contributed by atoms with Gasteiger partial charge in [0.15, 0.2) is 0 Å². The van der Waals surface area contributed by atoms with E-state index < -0.39 is 0 Å². The molecule has 22 heavy (non-hydrogen) atoms. The second-order valence-electron chi connectivity index (χ2n) is 5.50. The van der Waals surface area contributed by atoms with Gasteiger partial charge in [-0.3, -0.25) is 9.99 Å². The highest BCUT2D eigenvalue weighted by molar-refractivity contribution is 6.31. The highest BCUT2D eigenvalue weighted by Gasteiger charge is 2.19. The topological polar surface area (TPSA) is 32.9 Å². The van der Waals surface area contributed by atoms with Crippen molar-refractivity contribution < 1.29 is 4.90 Å². The van der Waals surface area contributed by atoms with Crippen molar-refractivity contribution in [1.29, 1.82) is 0 Å². The van der Waals surface area contributed by atoms with Crippen LogP contribution in [0.3, 0.4) is 0 Å². The zero-order valence-corrected chi connectivity index (χ0v) is 13.2. The molecule has 0 amide bonds. The highest BCUT2D eigenvalue weighted by Crippen LogP contribution is 2.13. The van der Waals surface area contributed by atoms with Crippen LogP contribution in [0.15, 0.2) is 53.9 Å². The average Bonchev–Trinajstić information content (AvgIpc) is 2.57. The monoisotopic (exact) mass is 315 g/mol. The number of quaternary nitrogens is 1. The van der Waals surface area contributed by atoms with Crippen molar-refractivity contribution in [1.82, 2.24) is 9.99 Å². The van der Waals surface area contributed by atoms with Gasteiger partial charge < -0.3 is 4.90 Å². The number of aromatic nitrogens is 1. The van der Waals surface area contributed by atoms with Crippen LogP contribution in [0.2, 0.25) is 5.02 Å². The fraction of sp³-hybridized carbons (Fsp3) is 0.294. The van der Waals surface area contributed by atoms with Crippen LogP contribution in [-0.4, -0.2) is 42.4 Å². The summed E-state index contributed by atoms with van der Waals surface area (Å²) in [5.74, 6) is 0. The van der Waals surface area contributed by atoms with E-state index in [1.54, 1.807) is 17.3 Å². The van der Waals surface area contributed by atoms with Crippen molar-refractivity contribution in [2.75, 3.05) is 26.2 Å². The summed E-state index contributed by atoms with van der Waals surface area (Å²) in [5.41, 5.74) is 2.31. The molecule has 2 heterocycles. The van der Waals surface area contributed by atoms with Gasteiger partial charge in [0, 0.05) is 23.0 Å². The summed E-state index contributed by atoms with van der Waals surface area (Å²) in [4.78, 5) is 5.57. The van der Waals surface area contributed by atoms with Gasteiger partial charge in [-0.15, -0.1) is 0 Å². The number of hydrogen-bond donors (Lipinski definition) is 1. The lowest BCUT2D eigenvalue weighted by Gasteiger charge is -2.30. The Morgan fingerprint density at radius 1 is 1.14 bits per heavy atom. The first-order valence-corrected chi connectivity index (χ1v) is 7.95. The first kappa shape index (κ1) is 15.0. The van der Waals surface area contributed by atoms with Crippen LogP contribution in [0.25, 0.3) is 0 Å². The summed E-state index contributed by atoms with van der Waals surface area (Å²) < 4.78 is 0. The van der Waals surface area contributed by atoms with E-state index in [1.807, 2.05) is 30.5 Å². The highest BCUT2D eigenvalue weighted by atomic mass is 35.5. The number of benzene rings is 1. The molecule has 114 valence electrons. The second-order valence-corrected chi connectivity index (χ2v) is 5.90. The Labute approximate surface area is 136 Å². The van der Waals surface area contributed by atoms with Gasteiger partial charge in [0.25, 0.3) is 0 Å². The van der Waals surface area contributed by atoms with E-state index in [9.17, 15) is 0 Å². The number of hydrogen-bond acceptors (Lipinski definition) is 3. The maximum absolute atomic E-state index is 6.24. The molecule has 0 unspecified atom stereocenters. The first-order valence-electron chi connectivity index (χ1n) is 7.57. The molecule has 1 fully saturated rings. The number of hydrazone groups is 1. The van der Waals surface area contributed by atoms with Crippen LogP contribution in [0.5, 0.6) is 0 Å². The fourth-order valence-corrected chi connectivity index (χ4v) is 2.81. The molecule has 0 radical (unpaired) electrons. The van der Waals surface area contributed by atoms with Crippen molar-refractivity contribution in [3.8, 4) is 0 Å². The fourth-order valence-electron chi connectivity index (χ4n) is 2.61. The lowest BCUT2D eigenvalue weighted by Crippen LogP contribution is -3.13. The van der Waals surface area contributed by atoms with E-state index in [1.165, 1.54) is 5.56 Å². The normalized spacial score (nSPS) is 16.3. The molecular formula is C17H20ClN4+. The predicted octanol–water partition coefficient (Wildman–Crippen LogP) is 1.47. The average molecular weight is 316 g/mol. The largest absolute Gasteiger partial charge is 0.328 e. The number of pyridine rings is 1. The molecule has 3 rings (SSSR count). The predicted molar refractivity (Wildman–Crippen MR) is 89.3 cm³/mol. The van der Waals surface area contributed by atoms with E-state index >= 15 is 0 Å². The Hall–Kier alpha value is -1.91. The molecule has 1 aromatic heterocycles. The third kappa shape index (κ3) is 4.06. The Balaban J connectivity index is 1.50. The summed E-state index contributed by atoms with van der Waals surface area (Å²) in [6.07, 6.45) is 5.47. The van der Waals surface area contributed by atoms with Gasteiger partial charge >= 0.3 is 0 Å². The van der Waals surface area contributed by atoms with E-state index in [2.05, 4.69) is 27.2 Å². The zero-order chi connectivity index (χ0) is 15.2. The lowest BCUT2D eigenvalue weighted by molar-refractivity contribution is -0.918. The van der Waals surface area contributed by atoms with Gasteiger partial charge in [0.1, 0.15) is 6.54 Å². The molecule has 1 aliphatic rings.